The Morgan fingerprint density at radius 1 is 1.38 bits per heavy atom. The van der Waals surface area contributed by atoms with Crippen molar-refractivity contribution in [2.45, 2.75) is 20.8 Å². The highest BCUT2D eigenvalue weighted by molar-refractivity contribution is 5.66. The van der Waals surface area contributed by atoms with Crippen LogP contribution in [0.2, 0.25) is 0 Å². The number of aryl methyl sites for hydroxylation is 1. The molecule has 0 saturated heterocycles. The van der Waals surface area contributed by atoms with Gasteiger partial charge in [-0.2, -0.15) is 0 Å². The van der Waals surface area contributed by atoms with Gasteiger partial charge in [0.05, 0.1) is 18.0 Å². The van der Waals surface area contributed by atoms with Crippen LogP contribution in [0.1, 0.15) is 19.4 Å². The fourth-order valence-electron chi connectivity index (χ4n) is 1.42. The predicted molar refractivity (Wildman–Crippen MR) is 69.7 cm³/mol. The smallest absolute Gasteiger partial charge is 0.0639 e. The Morgan fingerprint density at radius 2 is 2.12 bits per heavy atom. The van der Waals surface area contributed by atoms with Gasteiger partial charge in [-0.05, 0) is 30.5 Å². The maximum Gasteiger partial charge on any atom is 0.0639 e. The van der Waals surface area contributed by atoms with Gasteiger partial charge >= 0.3 is 0 Å². The fourth-order valence-corrected chi connectivity index (χ4v) is 1.42. The summed E-state index contributed by atoms with van der Waals surface area (Å²) in [5, 5.41) is 3.26. The molecule has 1 rings (SSSR count). The molecule has 0 aliphatic heterocycles. The van der Waals surface area contributed by atoms with Gasteiger partial charge in [-0.15, -0.1) is 0 Å². The molecular formula is C13H22N2O. The van der Waals surface area contributed by atoms with Crippen molar-refractivity contribution < 1.29 is 4.74 Å². The quantitative estimate of drug-likeness (QED) is 0.574. The van der Waals surface area contributed by atoms with Crippen molar-refractivity contribution >= 4 is 11.4 Å². The molecule has 0 unspecified atom stereocenters. The lowest BCUT2D eigenvalue weighted by molar-refractivity contribution is 0.118. The molecule has 0 atom stereocenters. The summed E-state index contributed by atoms with van der Waals surface area (Å²) in [4.78, 5) is 0. The molecule has 3 N–H and O–H groups in total. The third kappa shape index (κ3) is 4.53. The van der Waals surface area contributed by atoms with Crippen LogP contribution >= 0.6 is 0 Å². The molecule has 0 fully saturated rings. The Bertz CT molecular complexity index is 324. The maximum absolute atomic E-state index is 5.88. The van der Waals surface area contributed by atoms with E-state index in [1.54, 1.807) is 0 Å². The van der Waals surface area contributed by atoms with Crippen LogP contribution in [-0.2, 0) is 4.74 Å². The van der Waals surface area contributed by atoms with E-state index >= 15 is 0 Å². The normalized spacial score (nSPS) is 10.8. The lowest BCUT2D eigenvalue weighted by Gasteiger charge is -2.11. The van der Waals surface area contributed by atoms with Gasteiger partial charge in [0.2, 0.25) is 0 Å². The van der Waals surface area contributed by atoms with Gasteiger partial charge in [0.25, 0.3) is 0 Å². The molecule has 0 saturated carbocycles. The third-order valence-corrected chi connectivity index (χ3v) is 2.22. The minimum atomic E-state index is 0.587. The molecule has 1 aromatic carbocycles. The van der Waals surface area contributed by atoms with Crippen LogP contribution in [0.3, 0.4) is 0 Å². The fraction of sp³-hybridized carbons (Fsp3) is 0.538. The van der Waals surface area contributed by atoms with Gasteiger partial charge in [-0.3, -0.25) is 0 Å². The van der Waals surface area contributed by atoms with E-state index in [-0.39, 0.29) is 0 Å². The summed E-state index contributed by atoms with van der Waals surface area (Å²) in [6, 6.07) is 6.03. The van der Waals surface area contributed by atoms with Crippen molar-refractivity contribution in [2.75, 3.05) is 30.8 Å². The molecule has 0 radical (unpaired) electrons. The molecule has 0 heterocycles. The monoisotopic (exact) mass is 222 g/mol. The molecule has 0 bridgehead atoms. The van der Waals surface area contributed by atoms with E-state index in [9.17, 15) is 0 Å². The Balaban J connectivity index is 2.27. The molecule has 0 aliphatic rings. The molecule has 1 aromatic rings. The number of nitrogen functional groups attached to an aromatic ring is 1. The van der Waals surface area contributed by atoms with Crippen LogP contribution < -0.4 is 11.1 Å². The van der Waals surface area contributed by atoms with Gasteiger partial charge in [0, 0.05) is 13.2 Å². The first kappa shape index (κ1) is 12.8. The maximum atomic E-state index is 5.88. The first-order valence-corrected chi connectivity index (χ1v) is 5.77. The summed E-state index contributed by atoms with van der Waals surface area (Å²) in [5.74, 6) is 0.587. The summed E-state index contributed by atoms with van der Waals surface area (Å²) in [5.41, 5.74) is 8.84. The second-order valence-corrected chi connectivity index (χ2v) is 4.49. The van der Waals surface area contributed by atoms with Crippen molar-refractivity contribution in [3.63, 3.8) is 0 Å². The van der Waals surface area contributed by atoms with E-state index in [4.69, 9.17) is 10.5 Å². The Kier molecular flexibility index (Phi) is 5.12. The molecule has 16 heavy (non-hydrogen) atoms. The lowest BCUT2D eigenvalue weighted by atomic mass is 10.2. The van der Waals surface area contributed by atoms with E-state index in [2.05, 4.69) is 19.2 Å². The molecule has 0 aromatic heterocycles. The number of benzene rings is 1. The molecule has 90 valence electrons. The largest absolute Gasteiger partial charge is 0.397 e. The third-order valence-electron chi connectivity index (χ3n) is 2.22. The highest BCUT2D eigenvalue weighted by atomic mass is 16.5. The average molecular weight is 222 g/mol. The SMILES string of the molecule is Cc1ccc(NCCOCC(C)C)c(N)c1. The first-order valence-electron chi connectivity index (χ1n) is 5.77. The zero-order valence-corrected chi connectivity index (χ0v) is 10.4. The number of hydrogen-bond donors (Lipinski definition) is 2. The highest BCUT2D eigenvalue weighted by Crippen LogP contribution is 2.18. The van der Waals surface area contributed by atoms with Crippen LogP contribution in [0.5, 0.6) is 0 Å². The van der Waals surface area contributed by atoms with E-state index in [1.165, 1.54) is 5.56 Å². The summed E-state index contributed by atoms with van der Waals surface area (Å²) >= 11 is 0. The van der Waals surface area contributed by atoms with Crippen LogP contribution in [0.25, 0.3) is 0 Å². The van der Waals surface area contributed by atoms with Gasteiger partial charge in [0.15, 0.2) is 0 Å². The number of nitrogens with one attached hydrogen (secondary N) is 1. The highest BCUT2D eigenvalue weighted by Gasteiger charge is 1.98. The van der Waals surface area contributed by atoms with E-state index in [1.807, 2.05) is 25.1 Å². The summed E-state index contributed by atoms with van der Waals surface area (Å²) in [6.07, 6.45) is 0. The van der Waals surface area contributed by atoms with E-state index in [0.717, 1.165) is 24.5 Å². The molecule has 0 spiro atoms. The van der Waals surface area contributed by atoms with Crippen molar-refractivity contribution in [2.24, 2.45) is 5.92 Å². The van der Waals surface area contributed by atoms with Crippen molar-refractivity contribution in [1.29, 1.82) is 0 Å². The lowest BCUT2D eigenvalue weighted by Crippen LogP contribution is -2.13. The van der Waals surface area contributed by atoms with E-state index in [0.29, 0.717) is 12.5 Å². The molecule has 3 heteroatoms. The average Bonchev–Trinajstić information content (AvgIpc) is 2.20. The minimum absolute atomic E-state index is 0.587. The Hall–Kier alpha value is -1.22. The van der Waals surface area contributed by atoms with Gasteiger partial charge in [-0.25, -0.2) is 0 Å². The number of anilines is 2. The number of rotatable bonds is 6. The van der Waals surface area contributed by atoms with Crippen molar-refractivity contribution in [3.05, 3.63) is 23.8 Å². The molecule has 0 aliphatic carbocycles. The topological polar surface area (TPSA) is 47.3 Å². The zero-order chi connectivity index (χ0) is 12.0. The minimum Gasteiger partial charge on any atom is -0.397 e. The molecular weight excluding hydrogens is 200 g/mol. The second kappa shape index (κ2) is 6.38. The number of ether oxygens (including phenoxy) is 1. The van der Waals surface area contributed by atoms with E-state index < -0.39 is 0 Å². The van der Waals surface area contributed by atoms with Gasteiger partial charge < -0.3 is 15.8 Å². The predicted octanol–water partition coefficient (Wildman–Crippen LogP) is 2.66. The summed E-state index contributed by atoms with van der Waals surface area (Å²) in [6.45, 7) is 8.64. The Morgan fingerprint density at radius 3 is 2.75 bits per heavy atom. The first-order chi connectivity index (χ1) is 7.59. The molecule has 3 nitrogen and oxygen atoms in total. The van der Waals surface area contributed by atoms with Crippen LogP contribution in [0.15, 0.2) is 18.2 Å². The van der Waals surface area contributed by atoms with Gasteiger partial charge in [-0.1, -0.05) is 19.9 Å². The number of hydrogen-bond acceptors (Lipinski definition) is 3. The summed E-state index contributed by atoms with van der Waals surface area (Å²) < 4.78 is 5.48. The van der Waals surface area contributed by atoms with Crippen LogP contribution in [0.4, 0.5) is 11.4 Å². The van der Waals surface area contributed by atoms with Crippen LogP contribution in [-0.4, -0.2) is 19.8 Å². The van der Waals surface area contributed by atoms with Crippen LogP contribution in [0, 0.1) is 12.8 Å². The Labute approximate surface area is 98.0 Å². The van der Waals surface area contributed by atoms with Crippen molar-refractivity contribution in [3.8, 4) is 0 Å². The second-order valence-electron chi connectivity index (χ2n) is 4.49. The standard InChI is InChI=1S/C13H22N2O/c1-10(2)9-16-7-6-15-13-5-4-11(3)8-12(13)14/h4-5,8,10,15H,6-7,9,14H2,1-3H3. The summed E-state index contributed by atoms with van der Waals surface area (Å²) in [7, 11) is 0. The molecule has 0 amide bonds. The van der Waals surface area contributed by atoms with Crippen molar-refractivity contribution in [1.82, 2.24) is 0 Å². The van der Waals surface area contributed by atoms with Gasteiger partial charge in [0.1, 0.15) is 0 Å². The number of nitrogens with two attached hydrogens (primary N) is 1. The zero-order valence-electron chi connectivity index (χ0n) is 10.4.